The Balaban J connectivity index is 1.58. The summed E-state index contributed by atoms with van der Waals surface area (Å²) in [6.07, 6.45) is 4.36. The van der Waals surface area contributed by atoms with Crippen LogP contribution in [0.1, 0.15) is 15.4 Å². The van der Waals surface area contributed by atoms with Crippen molar-refractivity contribution in [2.24, 2.45) is 0 Å². The number of aromatic nitrogens is 3. The molecule has 0 unspecified atom stereocenters. The highest BCUT2D eigenvalue weighted by Gasteiger charge is 2.27. The molecule has 34 heavy (non-hydrogen) atoms. The van der Waals surface area contributed by atoms with Gasteiger partial charge in [-0.15, -0.1) is 11.3 Å². The quantitative estimate of drug-likeness (QED) is 0.466. The van der Waals surface area contributed by atoms with E-state index in [0.717, 1.165) is 18.1 Å². The van der Waals surface area contributed by atoms with Crippen molar-refractivity contribution < 1.29 is 18.7 Å². The number of carbonyl (C=O) groups is 1. The second-order valence-corrected chi connectivity index (χ2v) is 8.79. The molecule has 174 valence electrons. The first-order valence-electron chi connectivity index (χ1n) is 10.5. The van der Waals surface area contributed by atoms with Gasteiger partial charge in [-0.05, 0) is 18.2 Å². The maximum atomic E-state index is 15.9. The summed E-state index contributed by atoms with van der Waals surface area (Å²) in [5.41, 5.74) is -1.86. The number of benzene rings is 1. The van der Waals surface area contributed by atoms with Gasteiger partial charge in [-0.1, -0.05) is 6.07 Å². The number of carboxylic acid groups (broad SMARTS) is 1. The third-order valence-corrected chi connectivity index (χ3v) is 6.58. The van der Waals surface area contributed by atoms with Gasteiger partial charge in [0.05, 0.1) is 17.4 Å². The molecule has 1 fully saturated rings. The Morgan fingerprint density at radius 3 is 2.50 bits per heavy atom. The van der Waals surface area contributed by atoms with Crippen LogP contribution >= 0.6 is 11.3 Å². The molecule has 0 radical (unpaired) electrons. The first-order chi connectivity index (χ1) is 16.4. The molecule has 8 nitrogen and oxygen atoms in total. The van der Waals surface area contributed by atoms with Crippen molar-refractivity contribution in [1.82, 2.24) is 14.5 Å². The third-order valence-electron chi connectivity index (χ3n) is 5.82. The van der Waals surface area contributed by atoms with E-state index in [1.165, 1.54) is 15.9 Å². The summed E-state index contributed by atoms with van der Waals surface area (Å²) in [6.45, 7) is 1.76. The summed E-state index contributed by atoms with van der Waals surface area (Å²) in [5.74, 6) is -2.47. The van der Waals surface area contributed by atoms with Crippen LogP contribution in [0, 0.1) is 11.6 Å². The number of nitrogens with zero attached hydrogens (tertiary/aromatic N) is 5. The fraction of sp³-hybridized carbons (Fsp3) is 0.217. The number of aromatic carboxylic acids is 1. The van der Waals surface area contributed by atoms with E-state index in [-0.39, 0.29) is 23.1 Å². The first-order valence-corrected chi connectivity index (χ1v) is 11.4. The van der Waals surface area contributed by atoms with Gasteiger partial charge >= 0.3 is 5.97 Å². The number of rotatable bonds is 5. The van der Waals surface area contributed by atoms with Gasteiger partial charge in [-0.3, -0.25) is 4.79 Å². The van der Waals surface area contributed by atoms with Crippen molar-refractivity contribution in [3.8, 4) is 0 Å². The average Bonchev–Trinajstić information content (AvgIpc) is 3.35. The third kappa shape index (κ3) is 3.87. The Labute approximate surface area is 196 Å². The van der Waals surface area contributed by atoms with Crippen LogP contribution in [0.4, 0.5) is 20.3 Å². The second-order valence-electron chi connectivity index (χ2n) is 7.81. The van der Waals surface area contributed by atoms with E-state index in [2.05, 4.69) is 9.97 Å². The number of carboxylic acids is 1. The maximum absolute atomic E-state index is 15.9. The zero-order chi connectivity index (χ0) is 23.8. The summed E-state index contributed by atoms with van der Waals surface area (Å²) < 4.78 is 32.4. The van der Waals surface area contributed by atoms with Crippen molar-refractivity contribution in [2.75, 3.05) is 36.0 Å². The predicted octanol–water partition coefficient (Wildman–Crippen LogP) is 3.20. The fourth-order valence-corrected chi connectivity index (χ4v) is 4.83. The SMILES string of the molecule is O=C(O)c1cn(Cc2nccs2)c2c(F)c(N3CCN(c4ccccn4)CC3)c(F)cc2c1=O. The van der Waals surface area contributed by atoms with Crippen LogP contribution in [0.15, 0.2) is 53.0 Å². The zero-order valence-electron chi connectivity index (χ0n) is 17.8. The van der Waals surface area contributed by atoms with Crippen molar-refractivity contribution in [2.45, 2.75) is 6.54 Å². The smallest absolute Gasteiger partial charge is 0.341 e. The van der Waals surface area contributed by atoms with Gasteiger partial charge in [0.2, 0.25) is 5.43 Å². The van der Waals surface area contributed by atoms with Gasteiger partial charge in [-0.2, -0.15) is 0 Å². The van der Waals surface area contributed by atoms with Crippen LogP contribution in [0.25, 0.3) is 10.9 Å². The van der Waals surface area contributed by atoms with Gasteiger partial charge in [-0.25, -0.2) is 23.5 Å². The Hall–Kier alpha value is -3.86. The summed E-state index contributed by atoms with van der Waals surface area (Å²) in [4.78, 5) is 36.5. The highest BCUT2D eigenvalue weighted by atomic mass is 32.1. The van der Waals surface area contributed by atoms with E-state index in [1.54, 1.807) is 22.7 Å². The lowest BCUT2D eigenvalue weighted by Crippen LogP contribution is -2.47. The summed E-state index contributed by atoms with van der Waals surface area (Å²) in [6, 6.07) is 6.52. The molecule has 11 heteroatoms. The van der Waals surface area contributed by atoms with Gasteiger partial charge in [0.25, 0.3) is 0 Å². The maximum Gasteiger partial charge on any atom is 0.341 e. The fourth-order valence-electron chi connectivity index (χ4n) is 4.22. The Morgan fingerprint density at radius 1 is 1.09 bits per heavy atom. The van der Waals surface area contributed by atoms with Crippen LogP contribution in [0.5, 0.6) is 0 Å². The number of pyridine rings is 2. The second kappa shape index (κ2) is 8.82. The molecule has 5 rings (SSSR count). The molecule has 0 saturated carbocycles. The number of halogens is 2. The minimum atomic E-state index is -1.46. The highest BCUT2D eigenvalue weighted by molar-refractivity contribution is 7.09. The number of piperazine rings is 1. The molecular formula is C23H19F2N5O3S. The van der Waals surface area contributed by atoms with E-state index in [4.69, 9.17) is 0 Å². The Morgan fingerprint density at radius 2 is 1.85 bits per heavy atom. The van der Waals surface area contributed by atoms with Crippen LogP contribution in [-0.4, -0.2) is 51.8 Å². The molecule has 4 aromatic rings. The number of hydrogen-bond acceptors (Lipinski definition) is 7. The minimum absolute atomic E-state index is 0.0458. The lowest BCUT2D eigenvalue weighted by atomic mass is 10.1. The topological polar surface area (TPSA) is 91.6 Å². The summed E-state index contributed by atoms with van der Waals surface area (Å²) >= 11 is 1.31. The van der Waals surface area contributed by atoms with Crippen LogP contribution in [0.2, 0.25) is 0 Å². The molecule has 1 aliphatic rings. The number of thiazole rings is 1. The van der Waals surface area contributed by atoms with E-state index < -0.39 is 28.6 Å². The molecule has 1 aromatic carbocycles. The van der Waals surface area contributed by atoms with E-state index in [9.17, 15) is 14.7 Å². The number of fused-ring (bicyclic) bond motifs is 1. The minimum Gasteiger partial charge on any atom is -0.477 e. The lowest BCUT2D eigenvalue weighted by molar-refractivity contribution is 0.0695. The molecule has 0 amide bonds. The van der Waals surface area contributed by atoms with Crippen molar-refractivity contribution in [3.05, 3.63) is 80.7 Å². The molecular weight excluding hydrogens is 464 g/mol. The molecule has 4 heterocycles. The number of anilines is 2. The average molecular weight is 484 g/mol. The molecule has 0 bridgehead atoms. The summed E-state index contributed by atoms with van der Waals surface area (Å²) in [5, 5.41) is 11.5. The Kier molecular flexibility index (Phi) is 5.70. The van der Waals surface area contributed by atoms with E-state index >= 15 is 8.78 Å². The highest BCUT2D eigenvalue weighted by Crippen LogP contribution is 2.31. The van der Waals surface area contributed by atoms with Crippen LogP contribution in [-0.2, 0) is 6.54 Å². The molecule has 0 aliphatic carbocycles. The largest absolute Gasteiger partial charge is 0.477 e. The van der Waals surface area contributed by atoms with Gasteiger partial charge in [0, 0.05) is 50.1 Å². The van der Waals surface area contributed by atoms with Crippen molar-refractivity contribution >= 4 is 39.7 Å². The number of hydrogen-bond donors (Lipinski definition) is 1. The van der Waals surface area contributed by atoms with Gasteiger partial charge in [0.1, 0.15) is 27.9 Å². The standard InChI is InChI=1S/C23H19F2N5O3S/c24-16-11-14-20(30(13-18-27-5-10-34-18)12-15(22(14)31)23(32)33)19(25)21(16)29-8-6-28(7-9-29)17-3-1-2-4-26-17/h1-5,10-12H,6-9,13H2,(H,32,33). The van der Waals surface area contributed by atoms with Crippen molar-refractivity contribution in [1.29, 1.82) is 0 Å². The van der Waals surface area contributed by atoms with Crippen molar-refractivity contribution in [3.63, 3.8) is 0 Å². The van der Waals surface area contributed by atoms with E-state index in [0.29, 0.717) is 31.2 Å². The zero-order valence-corrected chi connectivity index (χ0v) is 18.6. The molecule has 1 aliphatic heterocycles. The van der Waals surface area contributed by atoms with Crippen LogP contribution < -0.4 is 15.2 Å². The van der Waals surface area contributed by atoms with Gasteiger partial charge < -0.3 is 19.5 Å². The van der Waals surface area contributed by atoms with E-state index in [1.807, 2.05) is 23.1 Å². The van der Waals surface area contributed by atoms with Gasteiger partial charge in [0.15, 0.2) is 5.82 Å². The predicted molar refractivity (Wildman–Crippen MR) is 125 cm³/mol. The lowest BCUT2D eigenvalue weighted by Gasteiger charge is -2.37. The normalized spacial score (nSPS) is 14.1. The summed E-state index contributed by atoms with van der Waals surface area (Å²) in [7, 11) is 0. The molecule has 1 saturated heterocycles. The molecule has 0 atom stereocenters. The molecule has 0 spiro atoms. The molecule has 1 N–H and O–H groups in total. The molecule has 3 aromatic heterocycles. The van der Waals surface area contributed by atoms with Crippen LogP contribution in [0.3, 0.4) is 0 Å². The monoisotopic (exact) mass is 483 g/mol. The first kappa shape index (κ1) is 22.0. The Bertz CT molecular complexity index is 1420.